The number of ether oxygens (including phenoxy) is 1. The van der Waals surface area contributed by atoms with E-state index in [0.29, 0.717) is 6.54 Å². The molecule has 1 atom stereocenters. The van der Waals surface area contributed by atoms with Crippen molar-refractivity contribution in [1.82, 2.24) is 4.90 Å². The van der Waals surface area contributed by atoms with E-state index in [1.54, 1.807) is 32.9 Å². The standard InChI is InChI=1S/C10H22N2O2/c1-8(6-7-11)12(4)9(13)10(2,3)14-5/h8H,6-7,11H2,1-5H3. The Hall–Kier alpha value is -0.610. The van der Waals surface area contributed by atoms with Gasteiger partial charge in [-0.25, -0.2) is 0 Å². The van der Waals surface area contributed by atoms with Crippen molar-refractivity contribution >= 4 is 5.91 Å². The molecule has 1 unspecified atom stereocenters. The minimum absolute atomic E-state index is 0.0130. The van der Waals surface area contributed by atoms with Crippen LogP contribution in [0.1, 0.15) is 27.2 Å². The molecule has 0 radical (unpaired) electrons. The third-order valence-electron chi connectivity index (χ3n) is 2.59. The highest BCUT2D eigenvalue weighted by Crippen LogP contribution is 2.14. The molecular formula is C10H22N2O2. The number of amides is 1. The van der Waals surface area contributed by atoms with Crippen molar-refractivity contribution in [3.8, 4) is 0 Å². The summed E-state index contributed by atoms with van der Waals surface area (Å²) in [6, 6.07) is 0.155. The second-order valence-electron chi connectivity index (χ2n) is 4.06. The second-order valence-corrected chi connectivity index (χ2v) is 4.06. The maximum atomic E-state index is 11.9. The first-order valence-corrected chi connectivity index (χ1v) is 4.89. The third-order valence-corrected chi connectivity index (χ3v) is 2.59. The van der Waals surface area contributed by atoms with Gasteiger partial charge in [-0.3, -0.25) is 4.79 Å². The number of rotatable bonds is 5. The van der Waals surface area contributed by atoms with Crippen LogP contribution in [0.5, 0.6) is 0 Å². The van der Waals surface area contributed by atoms with Crippen molar-refractivity contribution < 1.29 is 9.53 Å². The van der Waals surface area contributed by atoms with Gasteiger partial charge in [-0.2, -0.15) is 0 Å². The van der Waals surface area contributed by atoms with Gasteiger partial charge in [-0.05, 0) is 33.7 Å². The SMILES string of the molecule is COC(C)(C)C(=O)N(C)C(C)CCN. The van der Waals surface area contributed by atoms with E-state index in [2.05, 4.69) is 0 Å². The Morgan fingerprint density at radius 3 is 2.43 bits per heavy atom. The molecule has 0 fully saturated rings. The van der Waals surface area contributed by atoms with Crippen molar-refractivity contribution in [3.05, 3.63) is 0 Å². The first-order chi connectivity index (χ1) is 6.36. The van der Waals surface area contributed by atoms with E-state index in [-0.39, 0.29) is 11.9 Å². The number of methoxy groups -OCH3 is 1. The Morgan fingerprint density at radius 2 is 2.07 bits per heavy atom. The molecule has 4 heteroatoms. The lowest BCUT2D eigenvalue weighted by Gasteiger charge is -2.32. The summed E-state index contributed by atoms with van der Waals surface area (Å²) in [5, 5.41) is 0. The molecule has 84 valence electrons. The van der Waals surface area contributed by atoms with Crippen molar-refractivity contribution in [1.29, 1.82) is 0 Å². The summed E-state index contributed by atoms with van der Waals surface area (Å²) in [5.41, 5.74) is 4.69. The van der Waals surface area contributed by atoms with E-state index in [1.807, 2.05) is 6.92 Å². The largest absolute Gasteiger partial charge is 0.369 e. The normalized spacial score (nSPS) is 13.9. The smallest absolute Gasteiger partial charge is 0.254 e. The first kappa shape index (κ1) is 13.4. The number of nitrogens with zero attached hydrogens (tertiary/aromatic N) is 1. The van der Waals surface area contributed by atoms with Gasteiger partial charge in [0.05, 0.1) is 0 Å². The van der Waals surface area contributed by atoms with Crippen molar-refractivity contribution in [2.24, 2.45) is 5.73 Å². The van der Waals surface area contributed by atoms with Gasteiger partial charge < -0.3 is 15.4 Å². The maximum absolute atomic E-state index is 11.9. The van der Waals surface area contributed by atoms with Crippen LogP contribution in [0.4, 0.5) is 0 Å². The fourth-order valence-electron chi connectivity index (χ4n) is 1.15. The average Bonchev–Trinajstić information content (AvgIpc) is 2.15. The Morgan fingerprint density at radius 1 is 1.57 bits per heavy atom. The van der Waals surface area contributed by atoms with Crippen LogP contribution in [0.3, 0.4) is 0 Å². The number of hydrogen-bond acceptors (Lipinski definition) is 3. The summed E-state index contributed by atoms with van der Waals surface area (Å²) in [7, 11) is 3.32. The van der Waals surface area contributed by atoms with Gasteiger partial charge in [0, 0.05) is 20.2 Å². The molecule has 0 spiro atoms. The molecule has 2 N–H and O–H groups in total. The Labute approximate surface area is 86.4 Å². The molecule has 0 aliphatic carbocycles. The summed E-state index contributed by atoms with van der Waals surface area (Å²) in [5.74, 6) is -0.0130. The Balaban J connectivity index is 4.38. The van der Waals surface area contributed by atoms with E-state index in [9.17, 15) is 4.79 Å². The summed E-state index contributed by atoms with van der Waals surface area (Å²) in [6.07, 6.45) is 0.808. The molecule has 0 bridgehead atoms. The van der Waals surface area contributed by atoms with Crippen LogP contribution in [-0.4, -0.2) is 43.2 Å². The van der Waals surface area contributed by atoms with Gasteiger partial charge in [0.15, 0.2) is 0 Å². The maximum Gasteiger partial charge on any atom is 0.254 e. The average molecular weight is 202 g/mol. The van der Waals surface area contributed by atoms with Crippen LogP contribution in [0.2, 0.25) is 0 Å². The summed E-state index contributed by atoms with van der Waals surface area (Å²) >= 11 is 0. The molecular weight excluding hydrogens is 180 g/mol. The molecule has 0 heterocycles. The predicted octanol–water partition coefficient (Wildman–Crippen LogP) is 0.607. The zero-order chi connectivity index (χ0) is 11.4. The quantitative estimate of drug-likeness (QED) is 0.710. The first-order valence-electron chi connectivity index (χ1n) is 4.89. The molecule has 0 aliphatic heterocycles. The lowest BCUT2D eigenvalue weighted by Crippen LogP contribution is -2.48. The van der Waals surface area contributed by atoms with Gasteiger partial charge in [0.1, 0.15) is 5.60 Å². The van der Waals surface area contributed by atoms with Crippen molar-refractivity contribution in [2.45, 2.75) is 38.8 Å². The number of likely N-dealkylation sites (N-methyl/N-ethyl adjacent to an activating group) is 1. The number of carbonyl (C=O) groups is 1. The molecule has 0 rings (SSSR count). The van der Waals surface area contributed by atoms with Crippen molar-refractivity contribution in [3.63, 3.8) is 0 Å². The van der Waals surface area contributed by atoms with Gasteiger partial charge in [0.2, 0.25) is 0 Å². The molecule has 0 aromatic carbocycles. The van der Waals surface area contributed by atoms with Gasteiger partial charge >= 0.3 is 0 Å². The van der Waals surface area contributed by atoms with Gasteiger partial charge in [0.25, 0.3) is 5.91 Å². The van der Waals surface area contributed by atoms with E-state index in [0.717, 1.165) is 6.42 Å². The topological polar surface area (TPSA) is 55.6 Å². The lowest BCUT2D eigenvalue weighted by molar-refractivity contribution is -0.151. The lowest BCUT2D eigenvalue weighted by atomic mass is 10.1. The molecule has 0 aromatic heterocycles. The Bertz CT molecular complexity index is 193. The summed E-state index contributed by atoms with van der Waals surface area (Å²) < 4.78 is 5.13. The van der Waals surface area contributed by atoms with Crippen LogP contribution < -0.4 is 5.73 Å². The highest BCUT2D eigenvalue weighted by atomic mass is 16.5. The summed E-state index contributed by atoms with van der Waals surface area (Å²) in [6.45, 7) is 6.10. The highest BCUT2D eigenvalue weighted by molar-refractivity contribution is 5.84. The highest BCUT2D eigenvalue weighted by Gasteiger charge is 2.31. The van der Waals surface area contributed by atoms with Gasteiger partial charge in [-0.15, -0.1) is 0 Å². The van der Waals surface area contributed by atoms with Crippen LogP contribution in [0.25, 0.3) is 0 Å². The van der Waals surface area contributed by atoms with Crippen LogP contribution >= 0.6 is 0 Å². The van der Waals surface area contributed by atoms with E-state index in [1.165, 1.54) is 0 Å². The fourth-order valence-corrected chi connectivity index (χ4v) is 1.15. The molecule has 4 nitrogen and oxygen atoms in total. The van der Waals surface area contributed by atoms with Crippen LogP contribution in [-0.2, 0) is 9.53 Å². The van der Waals surface area contributed by atoms with E-state index >= 15 is 0 Å². The van der Waals surface area contributed by atoms with Gasteiger partial charge in [-0.1, -0.05) is 0 Å². The van der Waals surface area contributed by atoms with E-state index in [4.69, 9.17) is 10.5 Å². The minimum Gasteiger partial charge on any atom is -0.369 e. The molecule has 0 saturated carbocycles. The number of carbonyl (C=O) groups excluding carboxylic acids is 1. The van der Waals surface area contributed by atoms with E-state index < -0.39 is 5.60 Å². The van der Waals surface area contributed by atoms with Crippen LogP contribution in [0, 0.1) is 0 Å². The molecule has 1 amide bonds. The molecule has 0 aliphatic rings. The zero-order valence-electron chi connectivity index (χ0n) is 9.83. The minimum atomic E-state index is -0.752. The number of hydrogen-bond donors (Lipinski definition) is 1. The fraction of sp³-hybridized carbons (Fsp3) is 0.900. The molecule has 0 saturated heterocycles. The zero-order valence-corrected chi connectivity index (χ0v) is 9.83. The summed E-state index contributed by atoms with van der Waals surface area (Å²) in [4.78, 5) is 13.6. The third kappa shape index (κ3) is 3.27. The monoisotopic (exact) mass is 202 g/mol. The second kappa shape index (κ2) is 5.32. The molecule has 14 heavy (non-hydrogen) atoms. The number of nitrogens with two attached hydrogens (primary N) is 1. The predicted molar refractivity (Wildman–Crippen MR) is 57.0 cm³/mol. The molecule has 0 aromatic rings. The van der Waals surface area contributed by atoms with Crippen molar-refractivity contribution in [2.75, 3.05) is 20.7 Å². The van der Waals surface area contributed by atoms with Crippen LogP contribution in [0.15, 0.2) is 0 Å². The Kier molecular flexibility index (Phi) is 5.08.